The van der Waals surface area contributed by atoms with E-state index in [2.05, 4.69) is 15.2 Å². The number of hydrogen-bond acceptors (Lipinski definition) is 6. The molecule has 12 heteroatoms. The average molecular weight is 516 g/mol. The Morgan fingerprint density at radius 2 is 1.81 bits per heavy atom. The standard InChI is InChI=1S/C25H17F5N4O3/c26-21(27)23-33-32-22(37-23)14-7-8-15-12-34(24(36)17(15)11-14)19(20(35)18-6-1-2-9-31-18)13-4-3-5-16(10-13)25(28,29)30/h1-11,19-21,35H,12H2/t19-,20+/m1/s1. The minimum atomic E-state index is -4.63. The Morgan fingerprint density at radius 1 is 1.00 bits per heavy atom. The van der Waals surface area contributed by atoms with Gasteiger partial charge in [0.25, 0.3) is 11.8 Å². The van der Waals surface area contributed by atoms with Crippen LogP contribution in [-0.4, -0.2) is 31.1 Å². The number of carbonyl (C=O) groups is 1. The van der Waals surface area contributed by atoms with Crippen LogP contribution in [0.3, 0.4) is 0 Å². The smallest absolute Gasteiger partial charge is 0.415 e. The number of amides is 1. The van der Waals surface area contributed by atoms with Crippen LogP contribution in [0.4, 0.5) is 22.0 Å². The zero-order chi connectivity index (χ0) is 26.3. The number of rotatable bonds is 6. The molecule has 7 nitrogen and oxygen atoms in total. The van der Waals surface area contributed by atoms with Crippen molar-refractivity contribution in [1.29, 1.82) is 0 Å². The van der Waals surface area contributed by atoms with Gasteiger partial charge in [0.2, 0.25) is 5.89 Å². The topological polar surface area (TPSA) is 92.4 Å². The highest BCUT2D eigenvalue weighted by atomic mass is 19.4. The first-order valence-electron chi connectivity index (χ1n) is 11.0. The van der Waals surface area contributed by atoms with Gasteiger partial charge in [0, 0.05) is 23.9 Å². The summed E-state index contributed by atoms with van der Waals surface area (Å²) in [6.07, 6.45) is -7.63. The first-order chi connectivity index (χ1) is 17.6. The van der Waals surface area contributed by atoms with Crippen molar-refractivity contribution in [2.75, 3.05) is 0 Å². The highest BCUT2D eigenvalue weighted by molar-refractivity contribution is 5.99. The van der Waals surface area contributed by atoms with Crippen LogP contribution in [0.2, 0.25) is 0 Å². The predicted octanol–water partition coefficient (Wildman–Crippen LogP) is 5.52. The molecule has 0 aliphatic carbocycles. The van der Waals surface area contributed by atoms with E-state index < -0.39 is 42.1 Å². The fraction of sp³-hybridized carbons (Fsp3) is 0.200. The molecule has 1 N–H and O–H groups in total. The highest BCUT2D eigenvalue weighted by Crippen LogP contribution is 2.41. The van der Waals surface area contributed by atoms with Crippen molar-refractivity contribution >= 4 is 5.91 Å². The molecule has 0 saturated heterocycles. The van der Waals surface area contributed by atoms with Gasteiger partial charge >= 0.3 is 12.6 Å². The molecule has 0 radical (unpaired) electrons. The number of pyridine rings is 1. The van der Waals surface area contributed by atoms with Crippen LogP contribution >= 0.6 is 0 Å². The van der Waals surface area contributed by atoms with E-state index in [1.54, 1.807) is 18.2 Å². The summed E-state index contributed by atoms with van der Waals surface area (Å²) in [5.41, 5.74) is 0.203. The zero-order valence-electron chi connectivity index (χ0n) is 18.7. The Labute approximate surface area is 206 Å². The number of alkyl halides is 5. The predicted molar refractivity (Wildman–Crippen MR) is 118 cm³/mol. The van der Waals surface area contributed by atoms with Crippen molar-refractivity contribution in [3.8, 4) is 11.5 Å². The van der Waals surface area contributed by atoms with Gasteiger partial charge in [0.05, 0.1) is 17.3 Å². The Bertz CT molecular complexity index is 1440. The van der Waals surface area contributed by atoms with Crippen molar-refractivity contribution in [2.45, 2.75) is 31.3 Å². The molecule has 0 unspecified atom stereocenters. The third kappa shape index (κ3) is 4.67. The van der Waals surface area contributed by atoms with E-state index in [0.29, 0.717) is 5.56 Å². The molecule has 37 heavy (non-hydrogen) atoms. The van der Waals surface area contributed by atoms with Crippen molar-refractivity contribution in [3.05, 3.63) is 101 Å². The average Bonchev–Trinajstić information content (AvgIpc) is 3.50. The summed E-state index contributed by atoms with van der Waals surface area (Å²) < 4.78 is 71.0. The molecule has 0 saturated carbocycles. The third-order valence-corrected chi connectivity index (χ3v) is 6.00. The first-order valence-corrected chi connectivity index (χ1v) is 11.0. The van der Waals surface area contributed by atoms with Crippen molar-refractivity contribution in [2.24, 2.45) is 0 Å². The number of nitrogens with zero attached hydrogens (tertiary/aromatic N) is 4. The van der Waals surface area contributed by atoms with Gasteiger partial charge in [0.1, 0.15) is 6.10 Å². The van der Waals surface area contributed by atoms with Crippen LogP contribution in [0.15, 0.2) is 71.3 Å². The maximum atomic E-state index is 13.5. The van der Waals surface area contributed by atoms with Gasteiger partial charge < -0.3 is 14.4 Å². The quantitative estimate of drug-likeness (QED) is 0.340. The Morgan fingerprint density at radius 3 is 2.49 bits per heavy atom. The van der Waals surface area contributed by atoms with Gasteiger partial charge in [-0.3, -0.25) is 9.78 Å². The number of fused-ring (bicyclic) bond motifs is 1. The number of halogens is 5. The van der Waals surface area contributed by atoms with Crippen LogP contribution in [0.1, 0.15) is 57.2 Å². The monoisotopic (exact) mass is 516 g/mol. The zero-order valence-corrected chi connectivity index (χ0v) is 18.7. The van der Waals surface area contributed by atoms with E-state index in [4.69, 9.17) is 4.42 Å². The Hall–Kier alpha value is -4.19. The molecule has 0 spiro atoms. The van der Waals surface area contributed by atoms with Gasteiger partial charge in [-0.1, -0.05) is 24.3 Å². The largest absolute Gasteiger partial charge is 0.416 e. The number of benzene rings is 2. The van der Waals surface area contributed by atoms with Gasteiger partial charge in [0.15, 0.2) is 0 Å². The lowest BCUT2D eigenvalue weighted by atomic mass is 9.95. The van der Waals surface area contributed by atoms with E-state index in [1.807, 2.05) is 0 Å². The lowest BCUT2D eigenvalue weighted by Gasteiger charge is -2.32. The molecule has 190 valence electrons. The van der Waals surface area contributed by atoms with E-state index in [-0.39, 0.29) is 34.8 Å². The summed E-state index contributed by atoms with van der Waals surface area (Å²) in [5.74, 6) is -1.67. The summed E-state index contributed by atoms with van der Waals surface area (Å²) in [4.78, 5) is 18.9. The molecule has 2 aromatic carbocycles. The Kier molecular flexibility index (Phi) is 6.20. The minimum Gasteiger partial charge on any atom is -0.415 e. The molecule has 0 fully saturated rings. The molecule has 2 atom stereocenters. The molecule has 4 aromatic rings. The van der Waals surface area contributed by atoms with Gasteiger partial charge in [-0.2, -0.15) is 22.0 Å². The fourth-order valence-electron chi connectivity index (χ4n) is 4.26. The van der Waals surface area contributed by atoms with Gasteiger partial charge in [-0.15, -0.1) is 10.2 Å². The number of aromatic nitrogens is 3. The summed E-state index contributed by atoms with van der Waals surface area (Å²) in [7, 11) is 0. The lowest BCUT2D eigenvalue weighted by Crippen LogP contribution is -2.33. The van der Waals surface area contributed by atoms with Gasteiger partial charge in [-0.25, -0.2) is 0 Å². The second kappa shape index (κ2) is 9.36. The van der Waals surface area contributed by atoms with E-state index >= 15 is 0 Å². The van der Waals surface area contributed by atoms with Crippen LogP contribution in [0.25, 0.3) is 11.5 Å². The molecular weight excluding hydrogens is 499 g/mol. The van der Waals surface area contributed by atoms with Gasteiger partial charge in [-0.05, 0) is 47.5 Å². The van der Waals surface area contributed by atoms with Crippen molar-refractivity contribution < 1.29 is 36.3 Å². The van der Waals surface area contributed by atoms with Crippen molar-refractivity contribution in [3.63, 3.8) is 0 Å². The van der Waals surface area contributed by atoms with E-state index in [0.717, 1.165) is 12.1 Å². The van der Waals surface area contributed by atoms with Crippen molar-refractivity contribution in [1.82, 2.24) is 20.1 Å². The third-order valence-electron chi connectivity index (χ3n) is 6.00. The second-order valence-electron chi connectivity index (χ2n) is 8.32. The van der Waals surface area contributed by atoms with E-state index in [9.17, 15) is 31.9 Å². The van der Waals surface area contributed by atoms with Crippen LogP contribution in [-0.2, 0) is 12.7 Å². The number of hydrogen-bond donors (Lipinski definition) is 1. The maximum absolute atomic E-state index is 13.5. The van der Waals surface area contributed by atoms with E-state index in [1.165, 1.54) is 41.4 Å². The summed E-state index contributed by atoms with van der Waals surface area (Å²) in [6, 6.07) is 12.4. The molecule has 3 heterocycles. The molecule has 0 bridgehead atoms. The van der Waals surface area contributed by atoms with Crippen LogP contribution in [0, 0.1) is 0 Å². The molecule has 1 amide bonds. The number of aliphatic hydroxyl groups is 1. The number of carbonyl (C=O) groups excluding carboxylic acids is 1. The summed E-state index contributed by atoms with van der Waals surface area (Å²) in [6.45, 7) is -0.0225. The minimum absolute atomic E-state index is 0.0225. The summed E-state index contributed by atoms with van der Waals surface area (Å²) in [5, 5.41) is 18.1. The molecule has 1 aliphatic heterocycles. The first kappa shape index (κ1) is 24.5. The SMILES string of the molecule is O=C1c2cc(-c3nnc(C(F)F)o3)ccc2CN1[C@H](c1cccc(C(F)(F)F)c1)[C@@H](O)c1ccccn1. The highest BCUT2D eigenvalue weighted by Gasteiger charge is 2.40. The molecular formula is C25H17F5N4O3. The molecule has 5 rings (SSSR count). The molecule has 2 aromatic heterocycles. The molecule has 1 aliphatic rings. The fourth-order valence-corrected chi connectivity index (χ4v) is 4.26. The summed E-state index contributed by atoms with van der Waals surface area (Å²) >= 11 is 0. The maximum Gasteiger partial charge on any atom is 0.416 e. The normalized spacial score (nSPS) is 15.2. The lowest BCUT2D eigenvalue weighted by molar-refractivity contribution is -0.137. The van der Waals surface area contributed by atoms with Crippen LogP contribution < -0.4 is 0 Å². The second-order valence-corrected chi connectivity index (χ2v) is 8.32. The number of aliphatic hydroxyl groups excluding tert-OH is 1. The van der Waals surface area contributed by atoms with Crippen LogP contribution in [0.5, 0.6) is 0 Å². The Balaban J connectivity index is 1.54.